The van der Waals surface area contributed by atoms with Gasteiger partial charge in [0.2, 0.25) is 5.91 Å². The number of hydrogen-bond acceptors (Lipinski definition) is 6. The van der Waals surface area contributed by atoms with Crippen LogP contribution in [0, 0.1) is 5.82 Å². The Morgan fingerprint density at radius 3 is 2.39 bits per heavy atom. The van der Waals surface area contributed by atoms with Gasteiger partial charge in [0.05, 0.1) is 27.4 Å². The minimum atomic E-state index is -4.20. The first kappa shape index (κ1) is 25.4. The molecule has 1 aromatic heterocycles. The summed E-state index contributed by atoms with van der Waals surface area (Å²) in [5.74, 6) is -0.610. The van der Waals surface area contributed by atoms with Crippen LogP contribution in [0.15, 0.2) is 76.4 Å². The second kappa shape index (κ2) is 10.5. The fourth-order valence-corrected chi connectivity index (χ4v) is 6.11. The summed E-state index contributed by atoms with van der Waals surface area (Å²) in [6.07, 6.45) is 0. The number of thiazole rings is 1. The first-order valence-electron chi connectivity index (χ1n) is 11.2. The van der Waals surface area contributed by atoms with Crippen LogP contribution in [0.25, 0.3) is 10.2 Å². The highest BCUT2D eigenvalue weighted by atomic mass is 32.2. The Morgan fingerprint density at radius 2 is 1.75 bits per heavy atom. The van der Waals surface area contributed by atoms with Gasteiger partial charge in [0.15, 0.2) is 0 Å². The van der Waals surface area contributed by atoms with Crippen molar-refractivity contribution in [3.8, 4) is 5.75 Å². The third-order valence-corrected chi connectivity index (χ3v) is 8.12. The van der Waals surface area contributed by atoms with Gasteiger partial charge in [-0.25, -0.2) is 12.8 Å². The Hall–Kier alpha value is -3.70. The molecule has 4 rings (SSSR count). The molecule has 4 aromatic rings. The van der Waals surface area contributed by atoms with E-state index in [2.05, 4.69) is 5.32 Å². The molecule has 11 heteroatoms. The second-order valence-corrected chi connectivity index (χ2v) is 10.6. The number of anilines is 2. The molecular formula is C25H24FN3O5S2. The summed E-state index contributed by atoms with van der Waals surface area (Å²) < 4.78 is 49.0. The monoisotopic (exact) mass is 529 g/mol. The average molecular weight is 530 g/mol. The van der Waals surface area contributed by atoms with Gasteiger partial charge >= 0.3 is 4.87 Å². The molecule has 0 fully saturated rings. The molecule has 188 valence electrons. The van der Waals surface area contributed by atoms with Crippen LogP contribution in [-0.2, 0) is 21.4 Å². The summed E-state index contributed by atoms with van der Waals surface area (Å²) >= 11 is 1.07. The highest BCUT2D eigenvalue weighted by molar-refractivity contribution is 7.92. The second-order valence-electron chi connectivity index (χ2n) is 7.74. The molecule has 0 radical (unpaired) electrons. The number of aromatic nitrogens is 1. The minimum absolute atomic E-state index is 0.0944. The number of amides is 1. The normalized spacial score (nSPS) is 11.4. The van der Waals surface area contributed by atoms with Crippen LogP contribution in [0.2, 0.25) is 0 Å². The summed E-state index contributed by atoms with van der Waals surface area (Å²) in [4.78, 5) is 24.9. The van der Waals surface area contributed by atoms with E-state index in [4.69, 9.17) is 4.74 Å². The molecular weight excluding hydrogens is 505 g/mol. The number of halogens is 1. The van der Waals surface area contributed by atoms with E-state index in [-0.39, 0.29) is 15.5 Å². The van der Waals surface area contributed by atoms with Crippen LogP contribution in [0.1, 0.15) is 13.8 Å². The maximum absolute atomic E-state index is 13.4. The molecule has 0 aliphatic rings. The van der Waals surface area contributed by atoms with E-state index < -0.39 is 28.3 Å². The molecule has 36 heavy (non-hydrogen) atoms. The van der Waals surface area contributed by atoms with E-state index >= 15 is 0 Å². The van der Waals surface area contributed by atoms with E-state index in [1.165, 1.54) is 12.1 Å². The zero-order valence-corrected chi connectivity index (χ0v) is 21.2. The Balaban J connectivity index is 1.64. The lowest BCUT2D eigenvalue weighted by molar-refractivity contribution is -0.114. The summed E-state index contributed by atoms with van der Waals surface area (Å²) in [5.41, 5.74) is 1.44. The summed E-state index contributed by atoms with van der Waals surface area (Å²) in [6, 6.07) is 15.8. The van der Waals surface area contributed by atoms with Gasteiger partial charge in [-0.2, -0.15) is 0 Å². The topological polar surface area (TPSA) is 97.7 Å². The lowest BCUT2D eigenvalue weighted by Crippen LogP contribution is -2.38. The number of aryl methyl sites for hydroxylation is 1. The van der Waals surface area contributed by atoms with Gasteiger partial charge in [-0.3, -0.25) is 18.5 Å². The molecule has 0 bridgehead atoms. The molecule has 0 saturated heterocycles. The van der Waals surface area contributed by atoms with Crippen LogP contribution in [0.5, 0.6) is 5.75 Å². The molecule has 0 aliphatic carbocycles. The Kier molecular flexibility index (Phi) is 7.41. The van der Waals surface area contributed by atoms with E-state index in [1.807, 2.05) is 13.8 Å². The molecule has 3 aromatic carbocycles. The SMILES string of the molecule is CCOc1ccc(N(CC(=O)Nc2ccc3c(c2)sc(=O)n3CC)S(=O)(=O)c2ccc(F)cc2)cc1. The predicted molar refractivity (Wildman–Crippen MR) is 139 cm³/mol. The highest BCUT2D eigenvalue weighted by Gasteiger charge is 2.27. The van der Waals surface area contributed by atoms with Crippen LogP contribution in [0.3, 0.4) is 0 Å². The molecule has 0 atom stereocenters. The number of hydrogen-bond donors (Lipinski definition) is 1. The molecule has 0 aliphatic heterocycles. The van der Waals surface area contributed by atoms with Crippen molar-refractivity contribution in [2.45, 2.75) is 25.3 Å². The number of benzene rings is 3. The fourth-order valence-electron chi connectivity index (χ4n) is 3.70. The van der Waals surface area contributed by atoms with Crippen LogP contribution in [0.4, 0.5) is 15.8 Å². The summed E-state index contributed by atoms with van der Waals surface area (Å²) in [6.45, 7) is 4.15. The van der Waals surface area contributed by atoms with Crippen molar-refractivity contribution in [3.63, 3.8) is 0 Å². The Labute approximate surface area is 211 Å². The summed E-state index contributed by atoms with van der Waals surface area (Å²) in [7, 11) is -4.20. The predicted octanol–water partition coefficient (Wildman–Crippen LogP) is 4.45. The minimum Gasteiger partial charge on any atom is -0.494 e. The van der Waals surface area contributed by atoms with Crippen LogP contribution >= 0.6 is 11.3 Å². The van der Waals surface area contributed by atoms with Crippen molar-refractivity contribution in [1.29, 1.82) is 0 Å². The number of fused-ring (bicyclic) bond motifs is 1. The number of rotatable bonds is 9. The van der Waals surface area contributed by atoms with Crippen molar-refractivity contribution in [2.75, 3.05) is 22.8 Å². The molecule has 0 saturated carbocycles. The van der Waals surface area contributed by atoms with Crippen molar-refractivity contribution >= 4 is 48.9 Å². The van der Waals surface area contributed by atoms with Gasteiger partial charge in [0.1, 0.15) is 18.1 Å². The Bertz CT molecular complexity index is 1550. The fraction of sp³-hybridized carbons (Fsp3) is 0.200. The zero-order valence-electron chi connectivity index (χ0n) is 19.6. The van der Waals surface area contributed by atoms with Gasteiger partial charge in [-0.05, 0) is 80.6 Å². The molecule has 1 amide bonds. The molecule has 1 N–H and O–H groups in total. The molecule has 1 heterocycles. The van der Waals surface area contributed by atoms with Gasteiger partial charge < -0.3 is 10.1 Å². The average Bonchev–Trinajstić information content (AvgIpc) is 3.17. The number of ether oxygens (including phenoxy) is 1. The van der Waals surface area contributed by atoms with Crippen molar-refractivity contribution in [3.05, 3.63) is 82.2 Å². The lowest BCUT2D eigenvalue weighted by atomic mass is 10.3. The standard InChI is InChI=1S/C25H24FN3O5S2/c1-3-28-22-14-7-18(15-23(22)35-25(28)31)27-24(30)16-29(19-8-10-20(11-9-19)34-4-2)36(32,33)21-12-5-17(26)6-13-21/h5-15H,3-4,16H2,1-2H3,(H,27,30). The third kappa shape index (κ3) is 5.26. The van der Waals surface area contributed by atoms with E-state index in [9.17, 15) is 22.4 Å². The number of carbonyl (C=O) groups excluding carboxylic acids is 1. The van der Waals surface area contributed by atoms with Gasteiger partial charge in [-0.15, -0.1) is 0 Å². The molecule has 0 unspecified atom stereocenters. The van der Waals surface area contributed by atoms with Crippen LogP contribution in [-0.4, -0.2) is 32.0 Å². The smallest absolute Gasteiger partial charge is 0.308 e. The quantitative estimate of drug-likeness (QED) is 0.345. The maximum Gasteiger partial charge on any atom is 0.308 e. The molecule has 8 nitrogen and oxygen atoms in total. The third-order valence-electron chi connectivity index (χ3n) is 5.39. The Morgan fingerprint density at radius 1 is 1.06 bits per heavy atom. The number of carbonyl (C=O) groups is 1. The largest absolute Gasteiger partial charge is 0.494 e. The van der Waals surface area contributed by atoms with Gasteiger partial charge in [-0.1, -0.05) is 11.3 Å². The molecule has 0 spiro atoms. The van der Waals surface area contributed by atoms with E-state index in [0.717, 1.165) is 45.4 Å². The lowest BCUT2D eigenvalue weighted by Gasteiger charge is -2.24. The van der Waals surface area contributed by atoms with Crippen molar-refractivity contribution in [1.82, 2.24) is 4.57 Å². The van der Waals surface area contributed by atoms with Gasteiger partial charge in [0.25, 0.3) is 10.0 Å². The zero-order chi connectivity index (χ0) is 25.9. The first-order chi connectivity index (χ1) is 17.2. The van der Waals surface area contributed by atoms with Gasteiger partial charge in [0, 0.05) is 12.2 Å². The maximum atomic E-state index is 13.4. The summed E-state index contributed by atoms with van der Waals surface area (Å²) in [5, 5.41) is 2.71. The van der Waals surface area contributed by atoms with E-state index in [0.29, 0.717) is 29.3 Å². The number of nitrogens with one attached hydrogen (secondary N) is 1. The van der Waals surface area contributed by atoms with E-state index in [1.54, 1.807) is 34.9 Å². The highest BCUT2D eigenvalue weighted by Crippen LogP contribution is 2.27. The van der Waals surface area contributed by atoms with Crippen LogP contribution < -0.4 is 19.2 Å². The number of sulfonamides is 1. The number of nitrogens with zero attached hydrogens (tertiary/aromatic N) is 2. The van der Waals surface area contributed by atoms with Crippen molar-refractivity contribution in [2.24, 2.45) is 0 Å². The first-order valence-corrected chi connectivity index (χ1v) is 13.4. The van der Waals surface area contributed by atoms with Crippen molar-refractivity contribution < 1.29 is 22.3 Å².